The van der Waals surface area contributed by atoms with E-state index in [4.69, 9.17) is 9.47 Å². The molecule has 2 saturated carbocycles. The predicted molar refractivity (Wildman–Crippen MR) is 283 cm³/mol. The number of amides is 1. The number of nitro benzene ring substituents is 1. The quantitative estimate of drug-likeness (QED) is 0.0527. The molecule has 4 aliphatic rings. The van der Waals surface area contributed by atoms with Crippen molar-refractivity contribution in [2.24, 2.45) is 18.4 Å². The number of hydrogen-bond donors (Lipinski definition) is 4. The zero-order valence-corrected chi connectivity index (χ0v) is 43.7. The van der Waals surface area contributed by atoms with Crippen LogP contribution in [-0.2, 0) is 23.6 Å². The van der Waals surface area contributed by atoms with Crippen LogP contribution in [0.2, 0.25) is 0 Å². The highest BCUT2D eigenvalue weighted by molar-refractivity contribution is 7.90. The summed E-state index contributed by atoms with van der Waals surface area (Å²) in [6, 6.07) is 22.0. The Morgan fingerprint density at radius 1 is 1.00 bits per heavy atom. The minimum absolute atomic E-state index is 0.0330. The topological polar surface area (TPSA) is 213 Å². The Bertz CT molecular complexity index is 3130. The average Bonchev–Trinajstić information content (AvgIpc) is 4.00. The second-order valence-corrected chi connectivity index (χ2v) is 23.4. The molecule has 1 unspecified atom stereocenters. The van der Waals surface area contributed by atoms with Crippen molar-refractivity contribution in [1.82, 2.24) is 34.3 Å². The van der Waals surface area contributed by atoms with Crippen molar-refractivity contribution in [3.05, 3.63) is 124 Å². The number of hydrogen-bond acceptors (Lipinski definition) is 14. The lowest BCUT2D eigenvalue weighted by molar-refractivity contribution is -0.384. The number of piperazine rings is 1. The second kappa shape index (κ2) is 20.6. The first kappa shape index (κ1) is 51.0. The van der Waals surface area contributed by atoms with Crippen molar-refractivity contribution >= 4 is 44.0 Å². The van der Waals surface area contributed by atoms with Crippen LogP contribution in [0, 0.1) is 21.4 Å². The van der Waals surface area contributed by atoms with Crippen molar-refractivity contribution in [2.75, 3.05) is 56.6 Å². The summed E-state index contributed by atoms with van der Waals surface area (Å²) in [6.45, 7) is 12.0. The Kier molecular flexibility index (Phi) is 14.2. The van der Waals surface area contributed by atoms with Crippen molar-refractivity contribution in [3.63, 3.8) is 0 Å². The molecule has 4 N–H and O–H groups in total. The zero-order valence-electron chi connectivity index (χ0n) is 42.9. The number of aromatic amines is 1. The number of rotatable bonds is 16. The number of carbonyl (C=O) groups is 1. The van der Waals surface area contributed by atoms with Gasteiger partial charge in [0.25, 0.3) is 21.6 Å². The highest BCUT2D eigenvalue weighted by atomic mass is 32.2. The lowest BCUT2D eigenvalue weighted by Crippen LogP contribution is -2.60. The number of aromatic nitrogens is 4. The molecule has 3 aromatic heterocycles. The van der Waals surface area contributed by atoms with E-state index in [1.54, 1.807) is 31.5 Å². The molecule has 4 fully saturated rings. The van der Waals surface area contributed by atoms with Crippen LogP contribution in [0.25, 0.3) is 11.0 Å². The Morgan fingerprint density at radius 2 is 1.77 bits per heavy atom. The smallest absolute Gasteiger partial charge is 0.293 e. The van der Waals surface area contributed by atoms with Gasteiger partial charge in [0.1, 0.15) is 22.8 Å². The second-order valence-electron chi connectivity index (χ2n) is 21.7. The molecule has 74 heavy (non-hydrogen) atoms. The van der Waals surface area contributed by atoms with Crippen LogP contribution in [0.15, 0.2) is 96.3 Å². The summed E-state index contributed by atoms with van der Waals surface area (Å²) in [4.78, 5) is 40.4. The van der Waals surface area contributed by atoms with Crippen LogP contribution in [0.5, 0.6) is 17.4 Å². The van der Waals surface area contributed by atoms with Gasteiger partial charge in [-0.25, -0.2) is 18.1 Å². The minimum atomic E-state index is -4.59. The maximum absolute atomic E-state index is 14.1. The van der Waals surface area contributed by atoms with Crippen molar-refractivity contribution < 1.29 is 32.7 Å². The number of benzene rings is 3. The lowest BCUT2D eigenvalue weighted by atomic mass is 9.59. The number of H-pyrrole nitrogens is 1. The Labute approximate surface area is 432 Å². The molecule has 1 atom stereocenters. The maximum atomic E-state index is 14.1. The summed E-state index contributed by atoms with van der Waals surface area (Å²) in [6.07, 6.45) is 12.4. The summed E-state index contributed by atoms with van der Waals surface area (Å²) in [5, 5.41) is 31.0. The number of carbonyl (C=O) groups excluding carboxylic acids is 1. The van der Waals surface area contributed by atoms with Crippen LogP contribution < -0.4 is 24.4 Å². The van der Waals surface area contributed by atoms with E-state index in [9.17, 15) is 28.4 Å². The molecule has 1 amide bonds. The van der Waals surface area contributed by atoms with Gasteiger partial charge in [0.15, 0.2) is 0 Å². The number of nitrogens with one attached hydrogen (secondary N) is 3. The third-order valence-corrected chi connectivity index (χ3v) is 17.5. The molecule has 18 nitrogen and oxygen atoms in total. The lowest BCUT2D eigenvalue weighted by Gasteiger charge is -2.58. The van der Waals surface area contributed by atoms with Gasteiger partial charge >= 0.3 is 0 Å². The highest BCUT2D eigenvalue weighted by Crippen LogP contribution is 2.53. The predicted octanol–water partition coefficient (Wildman–Crippen LogP) is 8.91. The van der Waals surface area contributed by atoms with Crippen LogP contribution >= 0.6 is 0 Å². The summed E-state index contributed by atoms with van der Waals surface area (Å²) in [5.41, 5.74) is 4.61. The Balaban J connectivity index is 0.834. The number of methoxy groups -OCH3 is 1. The number of fused-ring (bicyclic) bond motifs is 1. The molecular formula is C55H68N10O8S. The fourth-order valence-corrected chi connectivity index (χ4v) is 13.0. The molecule has 0 radical (unpaired) electrons. The number of anilines is 2. The van der Waals surface area contributed by atoms with Crippen LogP contribution in [0.4, 0.5) is 17.1 Å². The Morgan fingerprint density at radius 3 is 2.51 bits per heavy atom. The number of ether oxygens (including phenoxy) is 2. The van der Waals surface area contributed by atoms with Crippen molar-refractivity contribution in [3.8, 4) is 17.4 Å². The van der Waals surface area contributed by atoms with E-state index < -0.39 is 37.0 Å². The van der Waals surface area contributed by atoms with Crippen LogP contribution in [-0.4, -0.2) is 112 Å². The molecule has 2 aliphatic heterocycles. The largest absolute Gasteiger partial charge is 0.480 e. The van der Waals surface area contributed by atoms with Gasteiger partial charge in [0.2, 0.25) is 5.88 Å². The van der Waals surface area contributed by atoms with E-state index >= 15 is 0 Å². The van der Waals surface area contributed by atoms with Crippen molar-refractivity contribution in [2.45, 2.75) is 107 Å². The van der Waals surface area contributed by atoms with Gasteiger partial charge in [-0.2, -0.15) is 0 Å². The Hall–Kier alpha value is -6.54. The molecule has 2 aliphatic carbocycles. The van der Waals surface area contributed by atoms with Gasteiger partial charge in [-0.05, 0) is 123 Å². The van der Waals surface area contributed by atoms with Gasteiger partial charge in [-0.3, -0.25) is 29.4 Å². The van der Waals surface area contributed by atoms with Crippen LogP contribution in [0.1, 0.15) is 111 Å². The first-order valence-corrected chi connectivity index (χ1v) is 27.4. The van der Waals surface area contributed by atoms with Crippen molar-refractivity contribution in [1.29, 1.82) is 0 Å². The summed E-state index contributed by atoms with van der Waals surface area (Å²) in [7, 11) is -0.979. The standard InChI is InChI=1S/C55H68N10O8S/c1-36(2)44-8-6-7-9-45(44)49-35-62(34-39-33-61(4)59-53(39)72-5)24-25-64(49)41-29-55(30-41)19-22-63(23-20-55)40-10-12-46(50(27-40)73-42-26-38-16-21-56-51(38)58-32-42)52(66)60-74(70,71)43-11-13-47(48(28-43)65(68)69)57-31-37-14-17-54(3,67)18-15-37/h6-13,16,21,26-28,32-33,36-37,41,49,57,67H,14-15,17-20,22-25,29-31,34-35H2,1-5H3,(H,56,58)(H,60,66)/t37-,49?,54-. The molecule has 392 valence electrons. The number of nitro groups is 1. The van der Waals surface area contributed by atoms with E-state index in [1.807, 2.05) is 30.8 Å². The van der Waals surface area contributed by atoms with E-state index in [-0.39, 0.29) is 34.4 Å². The molecule has 1 spiro atoms. The summed E-state index contributed by atoms with van der Waals surface area (Å²) >= 11 is 0. The molecule has 19 heteroatoms. The number of aryl methyl sites for hydroxylation is 1. The van der Waals surface area contributed by atoms with Gasteiger partial charge in [-0.1, -0.05) is 38.1 Å². The first-order valence-electron chi connectivity index (χ1n) is 25.9. The van der Waals surface area contributed by atoms with E-state index in [2.05, 4.69) is 84.1 Å². The molecule has 0 bridgehead atoms. The van der Waals surface area contributed by atoms with E-state index in [1.165, 1.54) is 29.5 Å². The monoisotopic (exact) mass is 1030 g/mol. The maximum Gasteiger partial charge on any atom is 0.293 e. The SMILES string of the molecule is COc1nn(C)cc1CN1CCN(C2CC3(CCN(c4ccc(C(=O)NS(=O)(=O)c5ccc(NC[C@H]6CC[C@](C)(O)CC6)c([N+](=O)[O-])c5)c(Oc5cnc6[nH]ccc6c5)c4)CC3)C2)C(c2ccccc2C(C)C)C1. The fourth-order valence-electron chi connectivity index (χ4n) is 12.0. The third kappa shape index (κ3) is 10.8. The molecule has 2 saturated heterocycles. The molecule has 6 aromatic rings. The number of pyridine rings is 1. The van der Waals surface area contributed by atoms with E-state index in [0.29, 0.717) is 48.6 Å². The molecule has 3 aromatic carbocycles. The number of nitrogens with zero attached hydrogens (tertiary/aromatic N) is 7. The zero-order chi connectivity index (χ0) is 51.9. The normalized spacial score (nSPS) is 21.7. The highest BCUT2D eigenvalue weighted by Gasteiger charge is 2.50. The summed E-state index contributed by atoms with van der Waals surface area (Å²) < 4.78 is 43.7. The molecular weight excluding hydrogens is 961 g/mol. The molecule has 10 rings (SSSR count). The van der Waals surface area contributed by atoms with Gasteiger partial charge in [-0.15, -0.1) is 5.10 Å². The minimum Gasteiger partial charge on any atom is -0.480 e. The van der Waals surface area contributed by atoms with E-state index in [0.717, 1.165) is 100 Å². The van der Waals surface area contributed by atoms with Gasteiger partial charge in [0, 0.05) is 106 Å². The number of sulfonamides is 1. The number of aliphatic hydroxyl groups is 1. The fraction of sp³-hybridized carbons (Fsp3) is 0.473. The van der Waals surface area contributed by atoms with Gasteiger partial charge in [0.05, 0.1) is 34.3 Å². The first-order chi connectivity index (χ1) is 35.4. The van der Waals surface area contributed by atoms with Gasteiger partial charge < -0.3 is 29.8 Å². The molecule has 5 heterocycles. The summed E-state index contributed by atoms with van der Waals surface area (Å²) in [5.74, 6) is 0.814. The van der Waals surface area contributed by atoms with Crippen LogP contribution in [0.3, 0.4) is 0 Å². The third-order valence-electron chi connectivity index (χ3n) is 16.2. The average molecular weight is 1030 g/mol. The number of piperidine rings is 1.